The fourth-order valence-electron chi connectivity index (χ4n) is 3.01. The first-order valence-electron chi connectivity index (χ1n) is 10.6. The summed E-state index contributed by atoms with van der Waals surface area (Å²) in [5.74, 6) is 1.62. The minimum Gasteiger partial charge on any atom is -0.468 e. The maximum atomic E-state index is 5.40. The summed E-state index contributed by atoms with van der Waals surface area (Å²) in [5.41, 5.74) is 2.76. The van der Waals surface area contributed by atoms with Crippen molar-refractivity contribution in [1.82, 2.24) is 5.09 Å². The molecule has 0 bridgehead atoms. The van der Waals surface area contributed by atoms with Crippen molar-refractivity contribution in [2.24, 2.45) is 0 Å². The van der Waals surface area contributed by atoms with Crippen LogP contribution in [-0.4, -0.2) is 0 Å². The minimum atomic E-state index is -0.566. The molecule has 33 heavy (non-hydrogen) atoms. The Morgan fingerprint density at radius 2 is 1.30 bits per heavy atom. The Hall–Kier alpha value is -1.47. The molecule has 0 aliphatic carbocycles. The van der Waals surface area contributed by atoms with Gasteiger partial charge in [0.2, 0.25) is 0 Å². The Morgan fingerprint density at radius 3 is 1.73 bits per heavy atom. The SMILES string of the molecule is Cc1ccc(C(C)C)cc1.[Cl][Ru][Cl].c1ccc(P(NCc2ccco2)c2ccccc2)cc1. The Bertz CT molecular complexity index is 958. The van der Waals surface area contributed by atoms with E-state index < -0.39 is 8.07 Å². The van der Waals surface area contributed by atoms with E-state index in [0.29, 0.717) is 5.92 Å². The van der Waals surface area contributed by atoms with Gasteiger partial charge in [-0.1, -0.05) is 104 Å². The second kappa shape index (κ2) is 16.2. The van der Waals surface area contributed by atoms with Gasteiger partial charge in [-0.2, -0.15) is 0 Å². The van der Waals surface area contributed by atoms with Crippen LogP contribution in [0.15, 0.2) is 108 Å². The molecule has 176 valence electrons. The van der Waals surface area contributed by atoms with Gasteiger partial charge in [-0.05, 0) is 41.1 Å². The number of furan rings is 1. The van der Waals surface area contributed by atoms with Crippen LogP contribution < -0.4 is 15.7 Å². The molecule has 0 saturated carbocycles. The van der Waals surface area contributed by atoms with Crippen LogP contribution >= 0.6 is 27.5 Å². The third kappa shape index (κ3) is 10.6. The second-order valence-corrected chi connectivity index (χ2v) is 12.2. The molecule has 4 rings (SSSR count). The molecule has 0 spiro atoms. The van der Waals surface area contributed by atoms with Gasteiger partial charge in [-0.15, -0.1) is 0 Å². The fourth-order valence-corrected chi connectivity index (χ4v) is 4.93. The first-order valence-corrected chi connectivity index (χ1v) is 16.4. The van der Waals surface area contributed by atoms with Gasteiger partial charge in [-0.3, -0.25) is 5.09 Å². The fraction of sp³-hybridized carbons (Fsp3) is 0.185. The summed E-state index contributed by atoms with van der Waals surface area (Å²) < 4.78 is 5.40. The topological polar surface area (TPSA) is 25.2 Å². The van der Waals surface area contributed by atoms with Crippen molar-refractivity contribution in [3.63, 3.8) is 0 Å². The van der Waals surface area contributed by atoms with Crippen molar-refractivity contribution < 1.29 is 19.6 Å². The molecule has 0 atom stereocenters. The average Bonchev–Trinajstić information content (AvgIpc) is 3.36. The molecule has 0 aliphatic rings. The number of aryl methyl sites for hydroxylation is 1. The van der Waals surface area contributed by atoms with Gasteiger partial charge in [0.1, 0.15) is 5.76 Å². The number of rotatable bonds is 6. The van der Waals surface area contributed by atoms with E-state index >= 15 is 0 Å². The second-order valence-electron chi connectivity index (χ2n) is 7.54. The molecular weight excluding hydrogens is 557 g/mol. The molecule has 0 unspecified atom stereocenters. The average molecular weight is 587 g/mol. The monoisotopic (exact) mass is 587 g/mol. The quantitative estimate of drug-likeness (QED) is 0.183. The molecule has 0 radical (unpaired) electrons. The van der Waals surface area contributed by atoms with E-state index in [2.05, 4.69) is 111 Å². The molecule has 6 heteroatoms. The standard InChI is InChI=1S/C17H16NOP.C10H14.2ClH.Ru/c1-3-9-16(10-4-1)20(17-11-5-2-6-12-17)18-14-15-8-7-13-19-15;1-8(2)10-6-4-9(3)5-7-10;;;/h1-13,18H,14H2;4-8H,1-3H3;2*1H;/q;;;;+2/p-2. The van der Waals surface area contributed by atoms with E-state index in [1.807, 2.05) is 12.1 Å². The molecule has 0 saturated heterocycles. The molecule has 2 nitrogen and oxygen atoms in total. The van der Waals surface area contributed by atoms with Gasteiger partial charge in [-0.25, -0.2) is 0 Å². The summed E-state index contributed by atoms with van der Waals surface area (Å²) in [6, 6.07) is 33.8. The normalized spacial score (nSPS) is 10.4. The van der Waals surface area contributed by atoms with Crippen LogP contribution in [0.1, 0.15) is 36.7 Å². The zero-order valence-electron chi connectivity index (χ0n) is 19.1. The Morgan fingerprint density at radius 1 is 0.788 bits per heavy atom. The molecule has 3 aromatic carbocycles. The van der Waals surface area contributed by atoms with Crippen molar-refractivity contribution in [1.29, 1.82) is 0 Å². The van der Waals surface area contributed by atoms with E-state index in [1.165, 1.54) is 21.7 Å². The van der Waals surface area contributed by atoms with Crippen molar-refractivity contribution in [2.45, 2.75) is 33.2 Å². The van der Waals surface area contributed by atoms with Crippen molar-refractivity contribution in [3.05, 3.63) is 120 Å². The molecule has 1 aromatic heterocycles. The Balaban J connectivity index is 0.000000249. The van der Waals surface area contributed by atoms with Crippen LogP contribution in [0, 0.1) is 6.92 Å². The summed E-state index contributed by atoms with van der Waals surface area (Å²) in [6.45, 7) is 7.28. The summed E-state index contributed by atoms with van der Waals surface area (Å²) >= 11 is -0.346. The first kappa shape index (κ1) is 27.8. The molecular formula is C27H30Cl2NOPRu. The third-order valence-electron chi connectivity index (χ3n) is 4.76. The number of benzene rings is 3. The molecule has 0 fully saturated rings. The summed E-state index contributed by atoms with van der Waals surface area (Å²) in [5, 5.41) is 6.27. The van der Waals surface area contributed by atoms with Crippen LogP contribution in [0.3, 0.4) is 0 Å². The third-order valence-corrected chi connectivity index (χ3v) is 6.87. The van der Waals surface area contributed by atoms with Gasteiger partial charge in [0.15, 0.2) is 0 Å². The Kier molecular flexibility index (Phi) is 13.6. The predicted octanol–water partition coefficient (Wildman–Crippen LogP) is 7.91. The van der Waals surface area contributed by atoms with Gasteiger partial charge in [0.05, 0.1) is 12.8 Å². The smallest absolute Gasteiger partial charge is 0.117 e. The Labute approximate surface area is 215 Å². The van der Waals surface area contributed by atoms with Crippen LogP contribution in [0.2, 0.25) is 0 Å². The number of hydrogen-bond donors (Lipinski definition) is 1. The summed E-state index contributed by atoms with van der Waals surface area (Å²) in [6.07, 6.45) is 1.71. The van der Waals surface area contributed by atoms with E-state index in [-0.39, 0.29) is 15.1 Å². The van der Waals surface area contributed by atoms with Gasteiger partial charge in [0.25, 0.3) is 0 Å². The first-order chi connectivity index (χ1) is 16.0. The van der Waals surface area contributed by atoms with Crippen molar-refractivity contribution in [2.75, 3.05) is 0 Å². The zero-order chi connectivity index (χ0) is 23.9. The van der Waals surface area contributed by atoms with Gasteiger partial charge < -0.3 is 4.42 Å². The molecule has 1 N–H and O–H groups in total. The number of hydrogen-bond acceptors (Lipinski definition) is 2. The van der Waals surface area contributed by atoms with E-state index in [4.69, 9.17) is 23.8 Å². The van der Waals surface area contributed by atoms with E-state index in [1.54, 1.807) is 6.26 Å². The zero-order valence-corrected chi connectivity index (χ0v) is 23.2. The molecule has 1 heterocycles. The minimum absolute atomic E-state index is 0.346. The number of nitrogens with one attached hydrogen (secondary N) is 1. The van der Waals surface area contributed by atoms with Crippen molar-refractivity contribution in [3.8, 4) is 0 Å². The van der Waals surface area contributed by atoms with Crippen LogP contribution in [0.25, 0.3) is 0 Å². The van der Waals surface area contributed by atoms with Crippen LogP contribution in [-0.2, 0) is 21.7 Å². The van der Waals surface area contributed by atoms with Crippen molar-refractivity contribution >= 4 is 38.1 Å². The van der Waals surface area contributed by atoms with Gasteiger partial charge >= 0.3 is 34.5 Å². The van der Waals surface area contributed by atoms with E-state index in [0.717, 1.165) is 12.3 Å². The summed E-state index contributed by atoms with van der Waals surface area (Å²) in [4.78, 5) is 0. The maximum Gasteiger partial charge on any atom is 0.117 e. The largest absolute Gasteiger partial charge is 0.468 e. The van der Waals surface area contributed by atoms with Crippen LogP contribution in [0.5, 0.6) is 0 Å². The van der Waals surface area contributed by atoms with E-state index in [9.17, 15) is 0 Å². The molecule has 0 aliphatic heterocycles. The molecule has 0 amide bonds. The summed E-state index contributed by atoms with van der Waals surface area (Å²) in [7, 11) is 9.14. The maximum absolute atomic E-state index is 5.40. The number of halogens is 2. The molecule has 4 aromatic rings. The van der Waals surface area contributed by atoms with Gasteiger partial charge in [0, 0.05) is 8.07 Å². The van der Waals surface area contributed by atoms with Crippen LogP contribution in [0.4, 0.5) is 0 Å². The predicted molar refractivity (Wildman–Crippen MR) is 142 cm³/mol.